The summed E-state index contributed by atoms with van der Waals surface area (Å²) in [6, 6.07) is 8.80. The average molecular weight is 568 g/mol. The predicted molar refractivity (Wildman–Crippen MR) is 156 cm³/mol. The van der Waals surface area contributed by atoms with Gasteiger partial charge in [-0.2, -0.15) is 0 Å². The summed E-state index contributed by atoms with van der Waals surface area (Å²) in [5, 5.41) is 12.3. The van der Waals surface area contributed by atoms with Gasteiger partial charge in [-0.3, -0.25) is 14.4 Å². The van der Waals surface area contributed by atoms with Crippen LogP contribution in [0, 0.1) is 31.4 Å². The zero-order valence-electron chi connectivity index (χ0n) is 24.5. The molecule has 0 fully saturated rings. The standard InChI is InChI=1S/C32H39F2N3O4/c1-19(2)14-27(37-18-22(10-11-28(37)38)12-13-36(5)6)32(41)35-26(17-29(39)40)24-15-23(16-25(33)31(24)34)30-20(3)8-7-9-21(30)4/h7-11,15-16,18-19,26-27H,12-14,17H2,1-6H3,(H,35,41)(H,39,40)/t26-,27?/m0/s1. The Morgan fingerprint density at radius 2 is 1.71 bits per heavy atom. The summed E-state index contributed by atoms with van der Waals surface area (Å²) < 4.78 is 31.6. The molecule has 0 saturated heterocycles. The van der Waals surface area contributed by atoms with Crippen molar-refractivity contribution in [1.29, 1.82) is 0 Å². The van der Waals surface area contributed by atoms with Gasteiger partial charge in [-0.25, -0.2) is 8.78 Å². The van der Waals surface area contributed by atoms with Gasteiger partial charge in [-0.1, -0.05) is 38.1 Å². The van der Waals surface area contributed by atoms with Gasteiger partial charge in [0.1, 0.15) is 6.04 Å². The van der Waals surface area contributed by atoms with Crippen LogP contribution in [0.2, 0.25) is 0 Å². The highest BCUT2D eigenvalue weighted by atomic mass is 19.2. The van der Waals surface area contributed by atoms with Crippen LogP contribution >= 0.6 is 0 Å². The summed E-state index contributed by atoms with van der Waals surface area (Å²) in [5.74, 6) is -4.31. The molecule has 1 heterocycles. The summed E-state index contributed by atoms with van der Waals surface area (Å²) in [5.41, 5.74) is 2.96. The summed E-state index contributed by atoms with van der Waals surface area (Å²) in [7, 11) is 3.87. The first kappa shape index (κ1) is 31.7. The number of carboxylic acid groups (broad SMARTS) is 1. The first-order valence-corrected chi connectivity index (χ1v) is 13.7. The van der Waals surface area contributed by atoms with Crippen LogP contribution in [0.3, 0.4) is 0 Å². The molecular weight excluding hydrogens is 528 g/mol. The molecule has 0 radical (unpaired) electrons. The zero-order valence-corrected chi connectivity index (χ0v) is 24.5. The van der Waals surface area contributed by atoms with Crippen molar-refractivity contribution in [2.75, 3.05) is 20.6 Å². The molecule has 0 saturated carbocycles. The van der Waals surface area contributed by atoms with Crippen LogP contribution in [-0.2, 0) is 16.0 Å². The molecule has 0 aliphatic rings. The Kier molecular flexibility index (Phi) is 10.6. The predicted octanol–water partition coefficient (Wildman–Crippen LogP) is 5.43. The Bertz CT molecular complexity index is 1450. The Morgan fingerprint density at radius 1 is 1.05 bits per heavy atom. The minimum atomic E-state index is -1.37. The molecule has 1 aromatic heterocycles. The fourth-order valence-electron chi connectivity index (χ4n) is 5.05. The monoisotopic (exact) mass is 567 g/mol. The van der Waals surface area contributed by atoms with E-state index < -0.39 is 42.0 Å². The van der Waals surface area contributed by atoms with Crippen molar-refractivity contribution in [2.45, 2.75) is 59.0 Å². The molecule has 1 unspecified atom stereocenters. The highest BCUT2D eigenvalue weighted by molar-refractivity contribution is 5.82. The van der Waals surface area contributed by atoms with Gasteiger partial charge in [0.15, 0.2) is 11.6 Å². The van der Waals surface area contributed by atoms with Crippen LogP contribution < -0.4 is 10.9 Å². The highest BCUT2D eigenvalue weighted by Gasteiger charge is 2.29. The summed E-state index contributed by atoms with van der Waals surface area (Å²) >= 11 is 0. The number of aliphatic carboxylic acids is 1. The number of nitrogens with one attached hydrogen (secondary N) is 1. The first-order chi connectivity index (χ1) is 19.3. The number of hydrogen-bond donors (Lipinski definition) is 2. The van der Waals surface area contributed by atoms with Crippen LogP contribution in [0.1, 0.15) is 61.0 Å². The number of benzene rings is 2. The summed E-state index contributed by atoms with van der Waals surface area (Å²) in [4.78, 5) is 40.5. The molecule has 2 aromatic carbocycles. The molecular formula is C32H39F2N3O4. The van der Waals surface area contributed by atoms with Gasteiger partial charge >= 0.3 is 5.97 Å². The first-order valence-electron chi connectivity index (χ1n) is 13.7. The molecule has 2 N–H and O–H groups in total. The number of carbonyl (C=O) groups excluding carboxylic acids is 1. The molecule has 41 heavy (non-hydrogen) atoms. The second kappa shape index (κ2) is 13.7. The van der Waals surface area contributed by atoms with Crippen LogP contribution in [0.5, 0.6) is 0 Å². The van der Waals surface area contributed by atoms with Gasteiger partial charge < -0.3 is 19.9 Å². The maximum absolute atomic E-state index is 15.3. The summed E-state index contributed by atoms with van der Waals surface area (Å²) in [6.07, 6.45) is 1.90. The number of likely N-dealkylation sites (N-methyl/N-ethyl adjacent to an activating group) is 1. The van der Waals surface area contributed by atoms with E-state index in [1.54, 1.807) is 12.3 Å². The molecule has 1 amide bonds. The van der Waals surface area contributed by atoms with E-state index in [-0.39, 0.29) is 23.5 Å². The molecule has 0 spiro atoms. The molecule has 7 nitrogen and oxygen atoms in total. The van der Waals surface area contributed by atoms with E-state index in [1.165, 1.54) is 16.7 Å². The number of carbonyl (C=O) groups is 2. The SMILES string of the molecule is Cc1cccc(C)c1-c1cc(F)c(F)c([C@H](CC(=O)O)NC(=O)C(CC(C)C)n2cc(CCN(C)C)ccc2=O)c1. The lowest BCUT2D eigenvalue weighted by Gasteiger charge is -2.26. The normalized spacial score (nSPS) is 12.9. The van der Waals surface area contributed by atoms with Gasteiger partial charge in [0.2, 0.25) is 5.91 Å². The number of rotatable bonds is 12. The number of hydrogen-bond acceptors (Lipinski definition) is 4. The molecule has 0 aliphatic heterocycles. The Balaban J connectivity index is 2.06. The molecule has 3 aromatic rings. The van der Waals surface area contributed by atoms with E-state index in [1.807, 2.05) is 64.9 Å². The second-order valence-corrected chi connectivity index (χ2v) is 11.3. The van der Waals surface area contributed by atoms with Gasteiger partial charge in [-0.05, 0) is 86.7 Å². The largest absolute Gasteiger partial charge is 0.481 e. The van der Waals surface area contributed by atoms with E-state index in [2.05, 4.69) is 5.32 Å². The van der Waals surface area contributed by atoms with Crippen molar-refractivity contribution < 1.29 is 23.5 Å². The number of halogens is 2. The second-order valence-electron chi connectivity index (χ2n) is 11.3. The van der Waals surface area contributed by atoms with E-state index in [4.69, 9.17) is 0 Å². The number of carboxylic acids is 1. The van der Waals surface area contributed by atoms with E-state index in [0.717, 1.165) is 29.3 Å². The van der Waals surface area contributed by atoms with E-state index in [0.29, 0.717) is 17.5 Å². The Labute approximate surface area is 239 Å². The van der Waals surface area contributed by atoms with Crippen molar-refractivity contribution in [3.05, 3.63) is 92.9 Å². The third-order valence-corrected chi connectivity index (χ3v) is 7.08. The van der Waals surface area contributed by atoms with Gasteiger partial charge in [0.05, 0.1) is 12.5 Å². The fraction of sp³-hybridized carbons (Fsp3) is 0.406. The maximum atomic E-state index is 15.3. The van der Waals surface area contributed by atoms with Crippen molar-refractivity contribution in [3.8, 4) is 11.1 Å². The molecule has 3 rings (SSSR count). The van der Waals surface area contributed by atoms with Crippen LogP contribution in [0.15, 0.2) is 53.5 Å². The van der Waals surface area contributed by atoms with Crippen molar-refractivity contribution in [3.63, 3.8) is 0 Å². The molecule has 0 aliphatic carbocycles. The number of nitrogens with zero attached hydrogens (tertiary/aromatic N) is 2. The van der Waals surface area contributed by atoms with Crippen LogP contribution in [0.25, 0.3) is 11.1 Å². The lowest BCUT2D eigenvalue weighted by atomic mass is 9.92. The van der Waals surface area contributed by atoms with E-state index in [9.17, 15) is 23.9 Å². The fourth-order valence-corrected chi connectivity index (χ4v) is 5.05. The van der Waals surface area contributed by atoms with Crippen LogP contribution in [-0.4, -0.2) is 47.1 Å². The van der Waals surface area contributed by atoms with Crippen LogP contribution in [0.4, 0.5) is 8.78 Å². The topological polar surface area (TPSA) is 91.6 Å². The lowest BCUT2D eigenvalue weighted by Crippen LogP contribution is -2.40. The number of amides is 1. The third-order valence-electron chi connectivity index (χ3n) is 7.08. The maximum Gasteiger partial charge on any atom is 0.305 e. The number of pyridine rings is 1. The molecule has 9 heteroatoms. The van der Waals surface area contributed by atoms with E-state index >= 15 is 4.39 Å². The Morgan fingerprint density at radius 3 is 2.29 bits per heavy atom. The van der Waals surface area contributed by atoms with Gasteiger partial charge in [0, 0.05) is 24.4 Å². The van der Waals surface area contributed by atoms with Gasteiger partial charge in [0.25, 0.3) is 5.56 Å². The Hall–Kier alpha value is -3.85. The van der Waals surface area contributed by atoms with Crippen molar-refractivity contribution >= 4 is 11.9 Å². The third kappa shape index (κ3) is 8.10. The smallest absolute Gasteiger partial charge is 0.305 e. The highest BCUT2D eigenvalue weighted by Crippen LogP contribution is 2.33. The molecule has 0 bridgehead atoms. The molecule has 220 valence electrons. The van der Waals surface area contributed by atoms with Crippen molar-refractivity contribution in [1.82, 2.24) is 14.8 Å². The minimum Gasteiger partial charge on any atom is -0.481 e. The lowest BCUT2D eigenvalue weighted by molar-refractivity contribution is -0.138. The molecule has 2 atom stereocenters. The minimum absolute atomic E-state index is 0.00236. The average Bonchev–Trinajstić information content (AvgIpc) is 2.88. The van der Waals surface area contributed by atoms with Gasteiger partial charge in [-0.15, -0.1) is 0 Å². The summed E-state index contributed by atoms with van der Waals surface area (Å²) in [6.45, 7) is 8.24. The zero-order chi connectivity index (χ0) is 30.4. The number of aryl methyl sites for hydroxylation is 2. The number of aromatic nitrogens is 1. The van der Waals surface area contributed by atoms with Crippen molar-refractivity contribution in [2.24, 2.45) is 5.92 Å². The quantitative estimate of drug-likeness (QED) is 0.304.